The van der Waals surface area contributed by atoms with Gasteiger partial charge < -0.3 is 22.1 Å². The van der Waals surface area contributed by atoms with E-state index in [-0.39, 0.29) is 12.1 Å². The van der Waals surface area contributed by atoms with Crippen molar-refractivity contribution in [2.24, 2.45) is 5.73 Å². The summed E-state index contributed by atoms with van der Waals surface area (Å²) in [5.74, 6) is 1.26. The van der Waals surface area contributed by atoms with Crippen molar-refractivity contribution in [1.82, 2.24) is 14.4 Å². The van der Waals surface area contributed by atoms with Crippen molar-refractivity contribution in [3.8, 4) is 11.3 Å². The first-order valence-electron chi connectivity index (χ1n) is 12.7. The van der Waals surface area contributed by atoms with Gasteiger partial charge in [0.2, 0.25) is 0 Å². The Hall–Kier alpha value is -4.69. The maximum absolute atomic E-state index is 12.7. The van der Waals surface area contributed by atoms with Crippen molar-refractivity contribution >= 4 is 45.1 Å². The second kappa shape index (κ2) is 9.64. The molecule has 0 saturated carbocycles. The first kappa shape index (κ1) is 23.7. The molecule has 2 aromatic heterocycles. The highest BCUT2D eigenvalue weighted by Crippen LogP contribution is 2.38. The Morgan fingerprint density at radius 1 is 1.00 bits per heavy atom. The maximum Gasteiger partial charge on any atom is 0.323 e. The zero-order valence-electron chi connectivity index (χ0n) is 21.1. The van der Waals surface area contributed by atoms with Gasteiger partial charge in [-0.1, -0.05) is 54.6 Å². The van der Waals surface area contributed by atoms with Crippen molar-refractivity contribution in [1.29, 1.82) is 0 Å². The van der Waals surface area contributed by atoms with Crippen LogP contribution in [0.4, 0.5) is 22.0 Å². The Morgan fingerprint density at radius 2 is 1.76 bits per heavy atom. The van der Waals surface area contributed by atoms with E-state index in [9.17, 15) is 4.79 Å². The molecule has 1 unspecified atom stereocenters. The van der Waals surface area contributed by atoms with Gasteiger partial charge in [-0.25, -0.2) is 14.8 Å². The first-order chi connectivity index (χ1) is 18.5. The van der Waals surface area contributed by atoms with E-state index in [4.69, 9.17) is 16.5 Å². The second-order valence-corrected chi connectivity index (χ2v) is 9.64. The van der Waals surface area contributed by atoms with E-state index in [0.29, 0.717) is 11.5 Å². The van der Waals surface area contributed by atoms with Crippen molar-refractivity contribution in [3.63, 3.8) is 0 Å². The highest BCUT2D eigenvalue weighted by Gasteiger charge is 2.22. The predicted octanol–water partition coefficient (Wildman–Crippen LogP) is 5.98. The van der Waals surface area contributed by atoms with Crippen molar-refractivity contribution < 1.29 is 4.79 Å². The molecule has 0 saturated heterocycles. The Bertz CT molecular complexity index is 1700. The number of nitrogens with two attached hydrogens (primary N) is 2. The van der Waals surface area contributed by atoms with Crippen molar-refractivity contribution in [2.75, 3.05) is 16.4 Å². The van der Waals surface area contributed by atoms with Gasteiger partial charge in [0, 0.05) is 22.7 Å². The number of para-hydroxylation sites is 1. The van der Waals surface area contributed by atoms with E-state index in [0.717, 1.165) is 64.0 Å². The monoisotopic (exact) mass is 503 g/mol. The van der Waals surface area contributed by atoms with Crippen LogP contribution in [0.15, 0.2) is 79.0 Å². The molecule has 0 spiro atoms. The lowest BCUT2D eigenvalue weighted by Crippen LogP contribution is -2.21. The summed E-state index contributed by atoms with van der Waals surface area (Å²) in [6.45, 7) is 1.99. The fourth-order valence-corrected chi connectivity index (χ4v) is 5.23. The lowest BCUT2D eigenvalue weighted by molar-refractivity contribution is 0.262. The number of fused-ring (bicyclic) bond motifs is 2. The topological polar surface area (TPSA) is 123 Å². The largest absolute Gasteiger partial charge is 0.382 e. The number of anilines is 3. The van der Waals surface area contributed by atoms with Crippen LogP contribution in [0.5, 0.6) is 0 Å². The third kappa shape index (κ3) is 4.25. The molecule has 1 aliphatic carbocycles. The highest BCUT2D eigenvalue weighted by atomic mass is 16.2. The number of hydrogen-bond donors (Lipinski definition) is 4. The van der Waals surface area contributed by atoms with Crippen LogP contribution < -0.4 is 22.1 Å². The molecule has 6 N–H and O–H groups in total. The summed E-state index contributed by atoms with van der Waals surface area (Å²) in [5, 5.41) is 7.72. The van der Waals surface area contributed by atoms with Gasteiger partial charge in [0.05, 0.1) is 17.6 Å². The van der Waals surface area contributed by atoms with Gasteiger partial charge in [0.15, 0.2) is 0 Å². The number of aromatic nitrogens is 3. The van der Waals surface area contributed by atoms with Crippen LogP contribution in [0.25, 0.3) is 33.1 Å². The number of urea groups is 1. The van der Waals surface area contributed by atoms with Crippen LogP contribution >= 0.6 is 0 Å². The summed E-state index contributed by atoms with van der Waals surface area (Å²) in [5.41, 5.74) is 18.7. The third-order valence-corrected chi connectivity index (χ3v) is 7.09. The van der Waals surface area contributed by atoms with Crippen LogP contribution in [0.3, 0.4) is 0 Å². The standard InChI is InChI=1S/C30H29N7O/c1-18-34-27(28-29(32)33-17-26(37(18)28)19-11-13-20(31)14-12-19)24-15-16-25(23-10-6-5-9-22(23)24)36-30(38)35-21-7-3-2-4-8-21/h2-11,15-17,20H,12-14,31H2,1H3,(H2,32,33)(H2,35,36,38). The number of aryl methyl sites for hydroxylation is 1. The number of nitrogens with one attached hydrogen (secondary N) is 2. The van der Waals surface area contributed by atoms with Crippen molar-refractivity contribution in [3.05, 3.63) is 90.5 Å². The number of rotatable bonds is 4. The highest BCUT2D eigenvalue weighted by molar-refractivity contribution is 6.11. The van der Waals surface area contributed by atoms with Gasteiger partial charge in [0.25, 0.3) is 0 Å². The number of amides is 2. The quantitative estimate of drug-likeness (QED) is 0.240. The number of hydrogen-bond acceptors (Lipinski definition) is 5. The van der Waals surface area contributed by atoms with E-state index in [1.165, 1.54) is 5.57 Å². The van der Waals surface area contributed by atoms with Gasteiger partial charge in [-0.05, 0) is 55.3 Å². The number of nitrogens with zero attached hydrogens (tertiary/aromatic N) is 3. The summed E-state index contributed by atoms with van der Waals surface area (Å²) >= 11 is 0. The van der Waals surface area contributed by atoms with Gasteiger partial charge in [0.1, 0.15) is 22.9 Å². The summed E-state index contributed by atoms with van der Waals surface area (Å²) in [6.07, 6.45) is 6.72. The minimum absolute atomic E-state index is 0.198. The van der Waals surface area contributed by atoms with Gasteiger partial charge in [-0.3, -0.25) is 4.40 Å². The summed E-state index contributed by atoms with van der Waals surface area (Å²) < 4.78 is 2.11. The lowest BCUT2D eigenvalue weighted by Gasteiger charge is -2.20. The van der Waals surface area contributed by atoms with Crippen LogP contribution in [-0.2, 0) is 0 Å². The first-order valence-corrected chi connectivity index (χ1v) is 12.7. The molecule has 0 aliphatic heterocycles. The number of imidazole rings is 1. The molecular formula is C30H29N7O. The zero-order valence-corrected chi connectivity index (χ0v) is 21.1. The lowest BCUT2D eigenvalue weighted by atomic mass is 9.94. The number of benzene rings is 3. The molecule has 1 aliphatic rings. The summed E-state index contributed by atoms with van der Waals surface area (Å²) in [7, 11) is 0. The molecule has 0 bridgehead atoms. The smallest absolute Gasteiger partial charge is 0.323 e. The number of carbonyl (C=O) groups is 1. The fraction of sp³-hybridized carbons (Fsp3) is 0.167. The van der Waals surface area contributed by atoms with Crippen LogP contribution in [0.2, 0.25) is 0 Å². The van der Waals surface area contributed by atoms with Gasteiger partial charge in [-0.2, -0.15) is 0 Å². The van der Waals surface area contributed by atoms with E-state index in [1.54, 1.807) is 0 Å². The Balaban J connectivity index is 1.44. The maximum atomic E-state index is 12.7. The Morgan fingerprint density at radius 3 is 2.53 bits per heavy atom. The normalized spacial score (nSPS) is 15.4. The van der Waals surface area contributed by atoms with E-state index in [2.05, 4.69) is 26.1 Å². The van der Waals surface area contributed by atoms with Crippen LogP contribution in [0, 0.1) is 6.92 Å². The van der Waals surface area contributed by atoms with Gasteiger partial charge >= 0.3 is 6.03 Å². The number of nitrogen functional groups attached to an aromatic ring is 1. The molecule has 8 nitrogen and oxygen atoms in total. The Labute approximate surface area is 220 Å². The molecule has 190 valence electrons. The molecule has 2 heterocycles. The molecule has 5 aromatic rings. The average molecular weight is 504 g/mol. The molecule has 6 rings (SSSR count). The van der Waals surface area contributed by atoms with Gasteiger partial charge in [-0.15, -0.1) is 0 Å². The average Bonchev–Trinajstić information content (AvgIpc) is 3.28. The minimum Gasteiger partial charge on any atom is -0.382 e. The minimum atomic E-state index is -0.309. The molecule has 1 atom stereocenters. The van der Waals surface area contributed by atoms with E-state index in [1.807, 2.05) is 79.9 Å². The summed E-state index contributed by atoms with van der Waals surface area (Å²) in [4.78, 5) is 22.3. The second-order valence-electron chi connectivity index (χ2n) is 9.64. The van der Waals surface area contributed by atoms with Crippen molar-refractivity contribution in [2.45, 2.75) is 32.2 Å². The van der Waals surface area contributed by atoms with Crippen LogP contribution in [-0.4, -0.2) is 26.4 Å². The molecular weight excluding hydrogens is 474 g/mol. The number of carbonyl (C=O) groups excluding carboxylic acids is 1. The SMILES string of the molecule is Cc1nc(-c2ccc(NC(=O)Nc3ccccc3)c3ccccc23)c2c(N)ncc(C3=CCC(N)CC3)n12. The molecule has 0 fully saturated rings. The zero-order chi connectivity index (χ0) is 26.2. The van der Waals surface area contributed by atoms with E-state index < -0.39 is 0 Å². The third-order valence-electron chi connectivity index (χ3n) is 7.09. The predicted molar refractivity (Wildman–Crippen MR) is 154 cm³/mol. The Kier molecular flexibility index (Phi) is 6.01. The molecule has 3 aromatic carbocycles. The molecule has 38 heavy (non-hydrogen) atoms. The fourth-order valence-electron chi connectivity index (χ4n) is 5.23. The molecule has 8 heteroatoms. The van der Waals surface area contributed by atoms with E-state index >= 15 is 0 Å². The molecule has 0 radical (unpaired) electrons. The number of allylic oxidation sites excluding steroid dienone is 1. The molecule has 2 amide bonds. The summed E-state index contributed by atoms with van der Waals surface area (Å²) in [6, 6.07) is 21.1. The van der Waals surface area contributed by atoms with Crippen LogP contribution in [0.1, 0.15) is 30.8 Å².